The first-order valence-electron chi connectivity index (χ1n) is 15.4. The van der Waals surface area contributed by atoms with Gasteiger partial charge in [-0.15, -0.1) is 5.10 Å². The summed E-state index contributed by atoms with van der Waals surface area (Å²) in [5.74, 6) is -0.360. The molecular formula is C36H23N9O4S. The van der Waals surface area contributed by atoms with Crippen molar-refractivity contribution in [1.82, 2.24) is 25.0 Å². The normalized spacial score (nSPS) is 17.0. The van der Waals surface area contributed by atoms with Gasteiger partial charge in [-0.3, -0.25) is 4.79 Å². The molecular weight excluding hydrogens is 655 g/mol. The van der Waals surface area contributed by atoms with Crippen molar-refractivity contribution in [3.63, 3.8) is 0 Å². The highest BCUT2D eigenvalue weighted by Gasteiger charge is 2.60. The van der Waals surface area contributed by atoms with Crippen molar-refractivity contribution in [3.05, 3.63) is 132 Å². The van der Waals surface area contributed by atoms with Gasteiger partial charge in [0.1, 0.15) is 22.8 Å². The lowest BCUT2D eigenvalue weighted by Crippen LogP contribution is -2.46. The van der Waals surface area contributed by atoms with Crippen LogP contribution in [-0.4, -0.2) is 39.3 Å². The summed E-state index contributed by atoms with van der Waals surface area (Å²) in [4.78, 5) is 27.0. The molecule has 2 aliphatic rings. The number of benzene rings is 5. The maximum atomic E-state index is 15.5. The molecule has 0 bridgehead atoms. The third-order valence-corrected chi connectivity index (χ3v) is 10.2. The molecule has 14 heteroatoms. The Morgan fingerprint density at radius 2 is 1.58 bits per heavy atom. The van der Waals surface area contributed by atoms with Gasteiger partial charge in [-0.25, -0.2) is 28.2 Å². The first-order valence-corrected chi connectivity index (χ1v) is 16.9. The predicted octanol–water partition coefficient (Wildman–Crippen LogP) is 4.08. The Kier molecular flexibility index (Phi) is 6.13. The molecule has 1 unspecified atom stereocenters. The van der Waals surface area contributed by atoms with Crippen LogP contribution in [0.5, 0.6) is 5.75 Å². The lowest BCUT2D eigenvalue weighted by molar-refractivity contribution is -0.121. The lowest BCUT2D eigenvalue weighted by atomic mass is 9.67. The molecule has 1 spiro atoms. The molecule has 0 aliphatic carbocycles. The molecule has 2 aliphatic heterocycles. The van der Waals surface area contributed by atoms with E-state index in [0.29, 0.717) is 61.4 Å². The molecule has 1 atom stereocenters. The summed E-state index contributed by atoms with van der Waals surface area (Å²) in [6.45, 7) is -0.0564. The number of primary sulfonamides is 1. The van der Waals surface area contributed by atoms with Gasteiger partial charge in [0.25, 0.3) is 0 Å². The zero-order valence-corrected chi connectivity index (χ0v) is 26.7. The Balaban J connectivity index is 1.32. The predicted molar refractivity (Wildman–Crippen MR) is 183 cm³/mol. The monoisotopic (exact) mass is 677 g/mol. The van der Waals surface area contributed by atoms with Crippen molar-refractivity contribution < 1.29 is 17.9 Å². The molecule has 7 aromatic rings. The first-order chi connectivity index (χ1) is 24.2. The van der Waals surface area contributed by atoms with Gasteiger partial charge in [0.2, 0.25) is 21.8 Å². The van der Waals surface area contributed by atoms with Crippen LogP contribution in [0.15, 0.2) is 120 Å². The highest BCUT2D eigenvalue weighted by atomic mass is 32.2. The number of nitriles is 1. The number of nitrogens with two attached hydrogens (primary N) is 2. The fourth-order valence-corrected chi connectivity index (χ4v) is 7.74. The number of hydrogen-bond donors (Lipinski definition) is 2. The molecule has 2 aromatic heterocycles. The topological polar surface area (TPSA) is 196 Å². The average molecular weight is 678 g/mol. The number of amides is 1. The number of aromatic nitrogens is 5. The minimum absolute atomic E-state index is 0.0564. The number of para-hydroxylation sites is 3. The van der Waals surface area contributed by atoms with Crippen LogP contribution in [0.1, 0.15) is 16.8 Å². The van der Waals surface area contributed by atoms with Crippen LogP contribution in [0, 0.1) is 11.3 Å². The average Bonchev–Trinajstić information content (AvgIpc) is 3.69. The summed E-state index contributed by atoms with van der Waals surface area (Å²) >= 11 is 0. The van der Waals surface area contributed by atoms with Crippen molar-refractivity contribution in [3.8, 4) is 17.5 Å². The van der Waals surface area contributed by atoms with Crippen LogP contribution >= 0.6 is 0 Å². The Morgan fingerprint density at radius 3 is 2.34 bits per heavy atom. The van der Waals surface area contributed by atoms with Crippen molar-refractivity contribution in [2.24, 2.45) is 10.9 Å². The van der Waals surface area contributed by atoms with E-state index < -0.39 is 21.3 Å². The Labute approximate surface area is 283 Å². The molecule has 0 fully saturated rings. The molecule has 13 nitrogen and oxygen atoms in total. The number of anilines is 1. The van der Waals surface area contributed by atoms with E-state index in [1.54, 1.807) is 35.2 Å². The maximum absolute atomic E-state index is 15.5. The molecule has 9 rings (SSSR count). The van der Waals surface area contributed by atoms with E-state index >= 15 is 4.79 Å². The van der Waals surface area contributed by atoms with Crippen molar-refractivity contribution in [2.45, 2.75) is 16.9 Å². The number of hydrogen-bond acceptors (Lipinski definition) is 10. The van der Waals surface area contributed by atoms with E-state index in [1.807, 2.05) is 48.5 Å². The van der Waals surface area contributed by atoms with Crippen molar-refractivity contribution in [1.29, 1.82) is 5.26 Å². The van der Waals surface area contributed by atoms with E-state index in [4.69, 9.17) is 25.6 Å². The second-order valence-corrected chi connectivity index (χ2v) is 13.5. The van der Waals surface area contributed by atoms with Gasteiger partial charge in [-0.2, -0.15) is 5.26 Å². The molecule has 5 aromatic carbocycles. The Hall–Kier alpha value is -6.69. The SMILES string of the molecule is N#CC1=C(N)Oc2c(c3nc4ccccc4nc3c3ccccc23)C12C(=O)N(Cc1cnnn1-c1cccc(S(N)(=O)=O)c1)c1ccccc12. The minimum Gasteiger partial charge on any atom is -0.439 e. The number of sulfonamides is 1. The van der Waals surface area contributed by atoms with Gasteiger partial charge in [-0.1, -0.05) is 65.9 Å². The molecule has 0 radical (unpaired) electrons. The second kappa shape index (κ2) is 10.4. The van der Waals surface area contributed by atoms with Crippen LogP contribution in [-0.2, 0) is 26.8 Å². The standard InChI is InChI=1S/C36H23N9O4S/c37-17-26-34(38)49-33-24-11-2-1-10-23(24)31-32(42-28-14-5-4-13-27(28)41-31)30(33)36(26)25-12-3-6-15-29(25)44(35(36)46)19-21-18-40-43-45(21)20-8-7-9-22(16-20)50(39,47)48/h1-16,18H,19,38H2,(H2,39,47,48). The molecule has 0 saturated heterocycles. The fraction of sp³-hybridized carbons (Fsp3) is 0.0556. The zero-order chi connectivity index (χ0) is 34.4. The third-order valence-electron chi connectivity index (χ3n) is 9.28. The van der Waals surface area contributed by atoms with E-state index in [2.05, 4.69) is 16.4 Å². The highest BCUT2D eigenvalue weighted by Crippen LogP contribution is 2.58. The number of rotatable bonds is 4. The summed E-state index contributed by atoms with van der Waals surface area (Å²) in [5, 5.41) is 25.8. The van der Waals surface area contributed by atoms with Crippen LogP contribution in [0.25, 0.3) is 38.5 Å². The minimum atomic E-state index is -4.01. The molecule has 0 saturated carbocycles. The van der Waals surface area contributed by atoms with Crippen molar-refractivity contribution >= 4 is 54.5 Å². The summed E-state index contributed by atoms with van der Waals surface area (Å²) in [6, 6.07) is 30.3. The summed E-state index contributed by atoms with van der Waals surface area (Å²) in [5.41, 5.74) is 9.15. The molecule has 1 amide bonds. The van der Waals surface area contributed by atoms with Crippen molar-refractivity contribution in [2.75, 3.05) is 4.90 Å². The highest BCUT2D eigenvalue weighted by molar-refractivity contribution is 7.89. The van der Waals surface area contributed by atoms with Gasteiger partial charge < -0.3 is 15.4 Å². The molecule has 4 heterocycles. The fourth-order valence-electron chi connectivity index (χ4n) is 7.18. The van der Waals surface area contributed by atoms with E-state index in [9.17, 15) is 13.7 Å². The van der Waals surface area contributed by atoms with Crippen LogP contribution in [0.2, 0.25) is 0 Å². The van der Waals surface area contributed by atoms with Gasteiger partial charge >= 0.3 is 0 Å². The molecule has 242 valence electrons. The maximum Gasteiger partial charge on any atom is 0.248 e. The number of carbonyl (C=O) groups excluding carboxylic acids is 1. The van der Waals surface area contributed by atoms with E-state index in [-0.39, 0.29) is 22.9 Å². The number of carbonyl (C=O) groups is 1. The smallest absolute Gasteiger partial charge is 0.248 e. The van der Waals surface area contributed by atoms with Gasteiger partial charge in [0, 0.05) is 27.6 Å². The van der Waals surface area contributed by atoms with Crippen LogP contribution < -0.4 is 20.5 Å². The molecule has 50 heavy (non-hydrogen) atoms. The first kappa shape index (κ1) is 29.4. The van der Waals surface area contributed by atoms with E-state index in [1.165, 1.54) is 29.1 Å². The van der Waals surface area contributed by atoms with Crippen LogP contribution in [0.3, 0.4) is 0 Å². The lowest BCUT2D eigenvalue weighted by Gasteiger charge is -2.35. The summed E-state index contributed by atoms with van der Waals surface area (Å²) in [7, 11) is -4.01. The van der Waals surface area contributed by atoms with Gasteiger partial charge in [-0.05, 0) is 36.4 Å². The third kappa shape index (κ3) is 3.95. The summed E-state index contributed by atoms with van der Waals surface area (Å²) < 4.78 is 32.0. The molecule has 4 N–H and O–H groups in total. The van der Waals surface area contributed by atoms with Crippen LogP contribution in [0.4, 0.5) is 5.69 Å². The van der Waals surface area contributed by atoms with Gasteiger partial charge in [0.05, 0.1) is 51.1 Å². The van der Waals surface area contributed by atoms with Gasteiger partial charge in [0.15, 0.2) is 0 Å². The number of nitrogens with zero attached hydrogens (tertiary/aromatic N) is 7. The largest absolute Gasteiger partial charge is 0.439 e. The van der Waals surface area contributed by atoms with E-state index in [0.717, 1.165) is 5.39 Å². The number of ether oxygens (including phenoxy) is 1. The summed E-state index contributed by atoms with van der Waals surface area (Å²) in [6.07, 6.45) is 1.48. The Bertz CT molecular complexity index is 2830. The Morgan fingerprint density at radius 1 is 0.880 bits per heavy atom. The second-order valence-electron chi connectivity index (χ2n) is 12.0. The quantitative estimate of drug-likeness (QED) is 0.202. The number of fused-ring (bicyclic) bond motifs is 10. The zero-order valence-electron chi connectivity index (χ0n) is 25.8.